The molecule has 0 saturated carbocycles. The molecule has 0 saturated heterocycles. The summed E-state index contributed by atoms with van der Waals surface area (Å²) < 4.78 is 5.10. The number of pyridine rings is 1. The fourth-order valence-electron chi connectivity index (χ4n) is 1.77. The molecule has 3 aromatic rings. The third-order valence-electron chi connectivity index (χ3n) is 2.78. The Balaban J connectivity index is 1.97. The van der Waals surface area contributed by atoms with E-state index in [1.807, 2.05) is 0 Å². The minimum Gasteiger partial charge on any atom is -0.502 e. The Labute approximate surface area is 117 Å². The molecule has 0 bridgehead atoms. The van der Waals surface area contributed by atoms with E-state index in [2.05, 4.69) is 15.1 Å². The summed E-state index contributed by atoms with van der Waals surface area (Å²) in [6.45, 7) is 0. The number of phenolic OH excluding ortho intramolecular Hbond substituents is 1. The van der Waals surface area contributed by atoms with Crippen molar-refractivity contribution in [3.8, 4) is 28.6 Å². The van der Waals surface area contributed by atoms with E-state index >= 15 is 0 Å². The number of benzene rings is 1. The van der Waals surface area contributed by atoms with Gasteiger partial charge in [0.2, 0.25) is 5.82 Å². The average molecular weight is 284 g/mol. The van der Waals surface area contributed by atoms with Crippen LogP contribution in [0.3, 0.4) is 0 Å². The highest BCUT2D eigenvalue weighted by atomic mass is 16.6. The van der Waals surface area contributed by atoms with E-state index in [1.165, 1.54) is 18.2 Å². The second kappa shape index (κ2) is 5.00. The zero-order valence-electron chi connectivity index (χ0n) is 10.5. The Morgan fingerprint density at radius 3 is 2.57 bits per heavy atom. The summed E-state index contributed by atoms with van der Waals surface area (Å²) in [4.78, 5) is 18.0. The van der Waals surface area contributed by atoms with Crippen LogP contribution in [0, 0.1) is 10.1 Å². The molecule has 0 amide bonds. The standard InChI is InChI=1S/C13H8N4O4/c18-11-7-9(1-2-10(11)17(19)20)13-15-12(16-21-13)8-3-5-14-6-4-8/h1-7,18H. The van der Waals surface area contributed by atoms with E-state index in [4.69, 9.17) is 4.52 Å². The lowest BCUT2D eigenvalue weighted by Gasteiger charge is -1.97. The summed E-state index contributed by atoms with van der Waals surface area (Å²) in [5.41, 5.74) is 0.740. The highest BCUT2D eigenvalue weighted by Crippen LogP contribution is 2.31. The predicted octanol–water partition coefficient (Wildman–Crippen LogP) is 2.41. The number of aromatic hydroxyl groups is 1. The second-order valence-corrected chi connectivity index (χ2v) is 4.12. The molecular formula is C13H8N4O4. The number of nitrogens with zero attached hydrogens (tertiary/aromatic N) is 4. The van der Waals surface area contributed by atoms with Crippen LogP contribution in [0.2, 0.25) is 0 Å². The first-order valence-corrected chi connectivity index (χ1v) is 5.87. The Bertz CT molecular complexity index is 801. The first-order valence-electron chi connectivity index (χ1n) is 5.87. The lowest BCUT2D eigenvalue weighted by atomic mass is 10.2. The van der Waals surface area contributed by atoms with Gasteiger partial charge in [0.1, 0.15) is 0 Å². The van der Waals surface area contributed by atoms with Gasteiger partial charge in [-0.2, -0.15) is 4.98 Å². The van der Waals surface area contributed by atoms with Crippen LogP contribution in [-0.2, 0) is 0 Å². The summed E-state index contributed by atoms with van der Waals surface area (Å²) >= 11 is 0. The molecular weight excluding hydrogens is 276 g/mol. The van der Waals surface area contributed by atoms with Crippen LogP contribution in [-0.4, -0.2) is 25.2 Å². The van der Waals surface area contributed by atoms with E-state index in [1.54, 1.807) is 24.5 Å². The van der Waals surface area contributed by atoms with E-state index in [0.29, 0.717) is 11.4 Å². The number of rotatable bonds is 3. The van der Waals surface area contributed by atoms with Crippen molar-refractivity contribution in [3.63, 3.8) is 0 Å². The molecule has 104 valence electrons. The normalized spacial score (nSPS) is 10.5. The van der Waals surface area contributed by atoms with E-state index in [-0.39, 0.29) is 11.6 Å². The molecule has 8 heteroatoms. The second-order valence-electron chi connectivity index (χ2n) is 4.12. The van der Waals surface area contributed by atoms with Crippen LogP contribution in [0.1, 0.15) is 0 Å². The molecule has 0 spiro atoms. The summed E-state index contributed by atoms with van der Waals surface area (Å²) in [7, 11) is 0. The van der Waals surface area contributed by atoms with Crippen molar-refractivity contribution >= 4 is 5.69 Å². The van der Waals surface area contributed by atoms with Gasteiger partial charge in [0, 0.05) is 29.6 Å². The highest BCUT2D eigenvalue weighted by Gasteiger charge is 2.17. The number of nitro benzene ring substituents is 1. The maximum absolute atomic E-state index is 10.6. The zero-order valence-corrected chi connectivity index (χ0v) is 10.5. The molecule has 1 N–H and O–H groups in total. The van der Waals surface area contributed by atoms with Crippen LogP contribution in [0.25, 0.3) is 22.8 Å². The van der Waals surface area contributed by atoms with Crippen LogP contribution in [0.5, 0.6) is 5.75 Å². The Hall–Kier alpha value is -3.29. The molecule has 8 nitrogen and oxygen atoms in total. The van der Waals surface area contributed by atoms with Gasteiger partial charge in [0.25, 0.3) is 5.89 Å². The predicted molar refractivity (Wildman–Crippen MR) is 71.3 cm³/mol. The van der Waals surface area contributed by atoms with Gasteiger partial charge in [-0.25, -0.2) is 0 Å². The number of hydrogen-bond donors (Lipinski definition) is 1. The minimum atomic E-state index is -0.671. The van der Waals surface area contributed by atoms with Crippen molar-refractivity contribution < 1.29 is 14.6 Å². The molecule has 3 rings (SSSR count). The van der Waals surface area contributed by atoms with Crippen LogP contribution >= 0.6 is 0 Å². The summed E-state index contributed by atoms with van der Waals surface area (Å²) in [5.74, 6) is 0.0680. The lowest BCUT2D eigenvalue weighted by Crippen LogP contribution is -1.89. The SMILES string of the molecule is O=[N+]([O-])c1ccc(-c2nc(-c3ccncc3)no2)cc1O. The number of aromatic nitrogens is 3. The molecule has 1 aromatic carbocycles. The first kappa shape index (κ1) is 12.7. The van der Waals surface area contributed by atoms with Gasteiger partial charge >= 0.3 is 5.69 Å². The maximum atomic E-state index is 10.6. The third kappa shape index (κ3) is 2.41. The van der Waals surface area contributed by atoms with Crippen molar-refractivity contribution in [2.45, 2.75) is 0 Å². The van der Waals surface area contributed by atoms with Crippen molar-refractivity contribution in [2.24, 2.45) is 0 Å². The molecule has 0 aliphatic rings. The molecule has 0 unspecified atom stereocenters. The molecule has 0 atom stereocenters. The number of phenols is 1. The van der Waals surface area contributed by atoms with E-state index < -0.39 is 10.7 Å². The zero-order chi connectivity index (χ0) is 14.8. The molecule has 0 fully saturated rings. The third-order valence-corrected chi connectivity index (χ3v) is 2.78. The monoisotopic (exact) mass is 284 g/mol. The van der Waals surface area contributed by atoms with Crippen molar-refractivity contribution in [2.75, 3.05) is 0 Å². The van der Waals surface area contributed by atoms with E-state index in [0.717, 1.165) is 5.56 Å². The van der Waals surface area contributed by atoms with E-state index in [9.17, 15) is 15.2 Å². The highest BCUT2D eigenvalue weighted by molar-refractivity contribution is 5.63. The van der Waals surface area contributed by atoms with Gasteiger partial charge < -0.3 is 9.63 Å². The Morgan fingerprint density at radius 1 is 1.14 bits per heavy atom. The van der Waals surface area contributed by atoms with Gasteiger partial charge in [-0.05, 0) is 24.3 Å². The molecule has 0 radical (unpaired) electrons. The summed E-state index contributed by atoms with van der Waals surface area (Å²) in [6.07, 6.45) is 3.20. The largest absolute Gasteiger partial charge is 0.502 e. The van der Waals surface area contributed by atoms with Crippen molar-refractivity contribution in [1.29, 1.82) is 0 Å². The average Bonchev–Trinajstić information content (AvgIpc) is 2.97. The molecule has 0 aliphatic carbocycles. The quantitative estimate of drug-likeness (QED) is 0.579. The molecule has 21 heavy (non-hydrogen) atoms. The van der Waals surface area contributed by atoms with Crippen LogP contribution in [0.15, 0.2) is 47.2 Å². The van der Waals surface area contributed by atoms with Crippen LogP contribution in [0.4, 0.5) is 5.69 Å². The van der Waals surface area contributed by atoms with Crippen LogP contribution < -0.4 is 0 Å². The number of hydrogen-bond acceptors (Lipinski definition) is 7. The summed E-state index contributed by atoms with van der Waals surface area (Å²) in [5, 5.41) is 24.1. The maximum Gasteiger partial charge on any atom is 0.310 e. The van der Waals surface area contributed by atoms with Gasteiger partial charge in [0.05, 0.1) is 4.92 Å². The van der Waals surface area contributed by atoms with Crippen molar-refractivity contribution in [1.82, 2.24) is 15.1 Å². The first-order chi connectivity index (χ1) is 10.1. The topological polar surface area (TPSA) is 115 Å². The van der Waals surface area contributed by atoms with Gasteiger partial charge in [-0.3, -0.25) is 15.1 Å². The minimum absolute atomic E-state index is 0.159. The summed E-state index contributed by atoms with van der Waals surface area (Å²) in [6, 6.07) is 7.27. The van der Waals surface area contributed by atoms with Gasteiger partial charge in [-0.15, -0.1) is 0 Å². The fourth-order valence-corrected chi connectivity index (χ4v) is 1.77. The van der Waals surface area contributed by atoms with Gasteiger partial charge in [-0.1, -0.05) is 5.16 Å². The lowest BCUT2D eigenvalue weighted by molar-refractivity contribution is -0.385. The molecule has 2 aromatic heterocycles. The fraction of sp³-hybridized carbons (Fsp3) is 0. The Morgan fingerprint density at radius 2 is 1.90 bits per heavy atom. The van der Waals surface area contributed by atoms with Gasteiger partial charge in [0.15, 0.2) is 5.75 Å². The van der Waals surface area contributed by atoms with Crippen molar-refractivity contribution in [3.05, 3.63) is 52.8 Å². The number of nitro groups is 1. The smallest absolute Gasteiger partial charge is 0.310 e. The molecule has 2 heterocycles. The molecule has 0 aliphatic heterocycles. The Kier molecular flexibility index (Phi) is 3.03.